The number of hydrogen-bond donors (Lipinski definition) is 2. The highest BCUT2D eigenvalue weighted by atomic mass is 32.1. The number of thiazole rings is 1. The van der Waals surface area contributed by atoms with Crippen LogP contribution in [0.3, 0.4) is 0 Å². The van der Waals surface area contributed by atoms with Crippen molar-refractivity contribution in [2.75, 3.05) is 5.32 Å². The first-order valence-electron chi connectivity index (χ1n) is 6.71. The molecule has 6 heteroatoms. The zero-order valence-corrected chi connectivity index (χ0v) is 11.8. The lowest BCUT2D eigenvalue weighted by atomic mass is 10.2. The molecule has 0 saturated heterocycles. The van der Waals surface area contributed by atoms with Gasteiger partial charge in [-0.15, -0.1) is 11.3 Å². The number of aromatic nitrogens is 2. The number of nitrogens with zero attached hydrogens (tertiary/aromatic N) is 1. The Kier molecular flexibility index (Phi) is 3.64. The number of amides is 1. The normalized spacial score (nSPS) is 14.4. The SMILES string of the molecule is O=C(Nc1nc2c(s1)CCCCC2)c1ccc(=O)[nH]c1. The van der Waals surface area contributed by atoms with Crippen LogP contribution in [0.2, 0.25) is 0 Å². The van der Waals surface area contributed by atoms with Crippen LogP contribution >= 0.6 is 11.3 Å². The van der Waals surface area contributed by atoms with E-state index in [0.717, 1.165) is 18.5 Å². The van der Waals surface area contributed by atoms with Gasteiger partial charge < -0.3 is 4.98 Å². The van der Waals surface area contributed by atoms with E-state index in [4.69, 9.17) is 0 Å². The van der Waals surface area contributed by atoms with Crippen LogP contribution < -0.4 is 10.9 Å². The minimum absolute atomic E-state index is 0.220. The number of nitrogens with one attached hydrogen (secondary N) is 2. The largest absolute Gasteiger partial charge is 0.328 e. The maximum absolute atomic E-state index is 12.0. The highest BCUT2D eigenvalue weighted by molar-refractivity contribution is 7.15. The minimum atomic E-state index is -0.245. The predicted octanol–water partition coefficient (Wildman–Crippen LogP) is 2.35. The van der Waals surface area contributed by atoms with E-state index in [0.29, 0.717) is 10.7 Å². The first-order valence-corrected chi connectivity index (χ1v) is 7.53. The number of anilines is 1. The first-order chi connectivity index (χ1) is 9.72. The van der Waals surface area contributed by atoms with Crippen molar-refractivity contribution in [2.45, 2.75) is 32.1 Å². The van der Waals surface area contributed by atoms with Crippen molar-refractivity contribution in [3.8, 4) is 0 Å². The van der Waals surface area contributed by atoms with Crippen LogP contribution in [0.15, 0.2) is 23.1 Å². The van der Waals surface area contributed by atoms with Gasteiger partial charge in [0.2, 0.25) is 5.56 Å². The van der Waals surface area contributed by atoms with Gasteiger partial charge in [0, 0.05) is 17.1 Å². The summed E-state index contributed by atoms with van der Waals surface area (Å²) in [6.07, 6.45) is 7.09. The summed E-state index contributed by atoms with van der Waals surface area (Å²) >= 11 is 1.56. The maximum atomic E-state index is 12.0. The second-order valence-corrected chi connectivity index (χ2v) is 5.93. The van der Waals surface area contributed by atoms with Crippen molar-refractivity contribution in [2.24, 2.45) is 0 Å². The number of carbonyl (C=O) groups is 1. The number of hydrogen-bond acceptors (Lipinski definition) is 4. The Labute approximate surface area is 120 Å². The van der Waals surface area contributed by atoms with Crippen LogP contribution in [-0.4, -0.2) is 15.9 Å². The van der Waals surface area contributed by atoms with Gasteiger partial charge in [-0.25, -0.2) is 4.98 Å². The van der Waals surface area contributed by atoms with Crippen LogP contribution in [0, 0.1) is 0 Å². The molecule has 0 bridgehead atoms. The number of pyridine rings is 1. The van der Waals surface area contributed by atoms with Crippen LogP contribution in [0.5, 0.6) is 0 Å². The number of H-pyrrole nitrogens is 1. The Bertz CT molecular complexity index is 646. The second-order valence-electron chi connectivity index (χ2n) is 4.85. The van der Waals surface area contributed by atoms with Crippen molar-refractivity contribution in [1.29, 1.82) is 0 Å². The zero-order valence-electron chi connectivity index (χ0n) is 10.9. The van der Waals surface area contributed by atoms with Crippen LogP contribution in [0.1, 0.15) is 40.2 Å². The molecule has 1 aliphatic rings. The van der Waals surface area contributed by atoms with Crippen LogP contribution in [0.25, 0.3) is 0 Å². The van der Waals surface area contributed by atoms with Gasteiger partial charge in [0.05, 0.1) is 11.3 Å². The average molecular weight is 289 g/mol. The fourth-order valence-corrected chi connectivity index (χ4v) is 3.35. The smallest absolute Gasteiger partial charge is 0.258 e. The third kappa shape index (κ3) is 2.80. The topological polar surface area (TPSA) is 74.8 Å². The fraction of sp³-hybridized carbons (Fsp3) is 0.357. The van der Waals surface area contributed by atoms with Gasteiger partial charge in [0.25, 0.3) is 5.91 Å². The zero-order chi connectivity index (χ0) is 13.9. The Hall–Kier alpha value is -1.95. The molecule has 20 heavy (non-hydrogen) atoms. The van der Waals surface area contributed by atoms with Crippen molar-refractivity contribution >= 4 is 22.4 Å². The lowest BCUT2D eigenvalue weighted by Crippen LogP contribution is -2.14. The molecule has 0 saturated carbocycles. The van der Waals surface area contributed by atoms with Gasteiger partial charge >= 0.3 is 0 Å². The summed E-state index contributed by atoms with van der Waals surface area (Å²) in [5.74, 6) is -0.245. The summed E-state index contributed by atoms with van der Waals surface area (Å²) in [6.45, 7) is 0. The summed E-state index contributed by atoms with van der Waals surface area (Å²) in [6, 6.07) is 2.85. The van der Waals surface area contributed by atoms with E-state index >= 15 is 0 Å². The van der Waals surface area contributed by atoms with E-state index in [-0.39, 0.29) is 11.5 Å². The molecule has 0 atom stereocenters. The quantitative estimate of drug-likeness (QED) is 0.833. The summed E-state index contributed by atoms with van der Waals surface area (Å²) in [7, 11) is 0. The summed E-state index contributed by atoms with van der Waals surface area (Å²) in [5.41, 5.74) is 1.33. The summed E-state index contributed by atoms with van der Waals surface area (Å²) < 4.78 is 0. The Morgan fingerprint density at radius 2 is 2.10 bits per heavy atom. The molecular weight excluding hydrogens is 274 g/mol. The molecule has 2 aromatic heterocycles. The molecular formula is C14H15N3O2S. The third-order valence-electron chi connectivity index (χ3n) is 3.36. The Morgan fingerprint density at radius 1 is 1.25 bits per heavy atom. The van der Waals surface area contributed by atoms with Gasteiger partial charge in [-0.05, 0) is 31.7 Å². The van der Waals surface area contributed by atoms with E-state index in [2.05, 4.69) is 15.3 Å². The lowest BCUT2D eigenvalue weighted by molar-refractivity contribution is 0.102. The minimum Gasteiger partial charge on any atom is -0.328 e. The number of carbonyl (C=O) groups excluding carboxylic acids is 1. The highest BCUT2D eigenvalue weighted by Gasteiger charge is 2.15. The van der Waals surface area contributed by atoms with Gasteiger partial charge in [-0.1, -0.05) is 6.42 Å². The van der Waals surface area contributed by atoms with E-state index in [9.17, 15) is 9.59 Å². The molecule has 0 radical (unpaired) electrons. The van der Waals surface area contributed by atoms with Crippen molar-refractivity contribution in [1.82, 2.24) is 9.97 Å². The molecule has 1 aliphatic carbocycles. The van der Waals surface area contributed by atoms with Crippen LogP contribution in [0.4, 0.5) is 5.13 Å². The molecule has 0 aliphatic heterocycles. The third-order valence-corrected chi connectivity index (χ3v) is 4.44. The molecule has 0 aromatic carbocycles. The number of fused-ring (bicyclic) bond motifs is 1. The molecule has 104 valence electrons. The van der Waals surface area contributed by atoms with Crippen molar-refractivity contribution in [3.05, 3.63) is 44.8 Å². The summed E-state index contributed by atoms with van der Waals surface area (Å²) in [4.78, 5) is 31.3. The van der Waals surface area contributed by atoms with Gasteiger partial charge in [0.15, 0.2) is 5.13 Å². The Balaban J connectivity index is 1.76. The van der Waals surface area contributed by atoms with Crippen molar-refractivity contribution in [3.63, 3.8) is 0 Å². The average Bonchev–Trinajstić information content (AvgIpc) is 2.68. The Morgan fingerprint density at radius 3 is 2.90 bits per heavy atom. The molecule has 2 heterocycles. The molecule has 2 N–H and O–H groups in total. The van der Waals surface area contributed by atoms with E-state index in [1.165, 1.54) is 42.5 Å². The van der Waals surface area contributed by atoms with Crippen molar-refractivity contribution < 1.29 is 4.79 Å². The first kappa shape index (κ1) is 13.1. The fourth-order valence-electron chi connectivity index (χ4n) is 2.30. The maximum Gasteiger partial charge on any atom is 0.258 e. The van der Waals surface area contributed by atoms with E-state index < -0.39 is 0 Å². The van der Waals surface area contributed by atoms with Gasteiger partial charge in [-0.3, -0.25) is 14.9 Å². The van der Waals surface area contributed by atoms with Gasteiger partial charge in [-0.2, -0.15) is 0 Å². The molecule has 0 spiro atoms. The number of aromatic amines is 1. The molecule has 1 amide bonds. The molecule has 0 fully saturated rings. The highest BCUT2D eigenvalue weighted by Crippen LogP contribution is 2.29. The predicted molar refractivity (Wildman–Crippen MR) is 78.4 cm³/mol. The number of rotatable bonds is 2. The van der Waals surface area contributed by atoms with Gasteiger partial charge in [0.1, 0.15) is 0 Å². The molecule has 5 nitrogen and oxygen atoms in total. The summed E-state index contributed by atoms with van der Waals surface area (Å²) in [5, 5.41) is 3.45. The standard InChI is InChI=1S/C14H15N3O2S/c18-12-7-6-9(8-15-12)13(19)17-14-16-10-4-2-1-3-5-11(10)20-14/h6-8H,1-5H2,(H,15,18)(H,16,17,19). The van der Waals surface area contributed by atoms with Crippen LogP contribution in [-0.2, 0) is 12.8 Å². The molecule has 3 rings (SSSR count). The molecule has 2 aromatic rings. The monoisotopic (exact) mass is 289 g/mol. The second kappa shape index (κ2) is 5.58. The molecule has 0 unspecified atom stereocenters. The number of aryl methyl sites for hydroxylation is 2. The van der Waals surface area contributed by atoms with E-state index in [1.54, 1.807) is 11.3 Å². The van der Waals surface area contributed by atoms with E-state index in [1.807, 2.05) is 0 Å². The lowest BCUT2D eigenvalue weighted by Gasteiger charge is -2.00.